The van der Waals surface area contributed by atoms with Crippen LogP contribution in [-0.4, -0.2) is 77.6 Å². The Morgan fingerprint density at radius 1 is 1.24 bits per heavy atom. The molecule has 0 aliphatic carbocycles. The van der Waals surface area contributed by atoms with Crippen LogP contribution in [0.2, 0.25) is 0 Å². The normalized spacial score (nSPS) is 18.0. The summed E-state index contributed by atoms with van der Waals surface area (Å²) in [5, 5.41) is 8.96. The molecule has 1 atom stereocenters. The monoisotopic (exact) mass is 484 g/mol. The highest BCUT2D eigenvalue weighted by molar-refractivity contribution is 7.92. The number of hydroxylamine groups is 1. The molecule has 0 unspecified atom stereocenters. The third kappa shape index (κ3) is 4.46. The molecule has 0 saturated carbocycles. The number of amides is 2. The van der Waals surface area contributed by atoms with Gasteiger partial charge >= 0.3 is 6.03 Å². The highest BCUT2D eigenvalue weighted by Crippen LogP contribution is 2.29. The number of hydrogen-bond donors (Lipinski definition) is 2. The number of sulfone groups is 1. The minimum absolute atomic E-state index is 0.0526. The Morgan fingerprint density at radius 2 is 1.91 bits per heavy atom. The summed E-state index contributed by atoms with van der Waals surface area (Å²) in [7, 11) is -1.75. The van der Waals surface area contributed by atoms with Crippen molar-refractivity contribution in [1.29, 1.82) is 0 Å². The Hall–Kier alpha value is -3.13. The molecule has 34 heavy (non-hydrogen) atoms. The van der Waals surface area contributed by atoms with E-state index in [1.807, 2.05) is 30.3 Å². The molecular formula is C24H28N4O5S. The number of nitrogens with one attached hydrogen (secondary N) is 1. The number of nitrogens with zero attached hydrogens (tertiary/aromatic N) is 3. The predicted octanol–water partition coefficient (Wildman–Crippen LogP) is 1.55. The molecule has 2 aromatic rings. The fraction of sp³-hybridized carbons (Fsp3) is 0.417. The Morgan fingerprint density at radius 3 is 2.47 bits per heavy atom. The highest BCUT2D eigenvalue weighted by Gasteiger charge is 2.44. The van der Waals surface area contributed by atoms with Crippen LogP contribution in [0.4, 0.5) is 4.79 Å². The highest BCUT2D eigenvalue weighted by atomic mass is 32.2. The molecule has 1 aromatic heterocycles. The number of benzene rings is 1. The van der Waals surface area contributed by atoms with Gasteiger partial charge in [-0.05, 0) is 44.2 Å². The van der Waals surface area contributed by atoms with Crippen molar-refractivity contribution in [3.63, 3.8) is 0 Å². The summed E-state index contributed by atoms with van der Waals surface area (Å²) in [5.41, 5.74) is 5.04. The van der Waals surface area contributed by atoms with Gasteiger partial charge in [-0.25, -0.2) is 18.7 Å². The van der Waals surface area contributed by atoms with E-state index < -0.39 is 20.5 Å². The second-order valence-corrected chi connectivity index (χ2v) is 11.7. The molecule has 9 nitrogen and oxygen atoms in total. The third-order valence-electron chi connectivity index (χ3n) is 6.69. The van der Waals surface area contributed by atoms with Crippen molar-refractivity contribution >= 4 is 21.8 Å². The molecule has 10 heteroatoms. The van der Waals surface area contributed by atoms with Gasteiger partial charge < -0.3 is 9.80 Å². The summed E-state index contributed by atoms with van der Waals surface area (Å²) in [5.74, 6) is 5.92. The van der Waals surface area contributed by atoms with E-state index in [0.717, 1.165) is 41.7 Å². The van der Waals surface area contributed by atoms with E-state index in [1.54, 1.807) is 10.8 Å². The van der Waals surface area contributed by atoms with Crippen molar-refractivity contribution in [2.75, 3.05) is 32.9 Å². The molecule has 1 aromatic carbocycles. The number of rotatable bonds is 6. The minimum atomic E-state index is -3.82. The summed E-state index contributed by atoms with van der Waals surface area (Å²) in [6.45, 7) is 3.62. The average Bonchev–Trinajstić information content (AvgIpc) is 3.32. The maximum absolute atomic E-state index is 12.9. The van der Waals surface area contributed by atoms with Crippen molar-refractivity contribution < 1.29 is 23.2 Å². The number of aromatic nitrogens is 1. The van der Waals surface area contributed by atoms with E-state index in [9.17, 15) is 18.0 Å². The molecule has 2 amide bonds. The first-order valence-corrected chi connectivity index (χ1v) is 12.9. The maximum atomic E-state index is 12.9. The van der Waals surface area contributed by atoms with Gasteiger partial charge in [0.05, 0.1) is 6.54 Å². The average molecular weight is 485 g/mol. The molecule has 2 aliphatic rings. The summed E-state index contributed by atoms with van der Waals surface area (Å²) >= 11 is 0. The first kappa shape index (κ1) is 24.0. The lowest BCUT2D eigenvalue weighted by atomic mass is 10.0. The van der Waals surface area contributed by atoms with E-state index in [0.29, 0.717) is 12.5 Å². The first-order valence-electron chi connectivity index (χ1n) is 11.0. The fourth-order valence-corrected chi connectivity index (χ4v) is 5.06. The smallest absolute Gasteiger partial charge is 0.318 e. The van der Waals surface area contributed by atoms with E-state index in [-0.39, 0.29) is 19.0 Å². The van der Waals surface area contributed by atoms with Gasteiger partial charge in [0.25, 0.3) is 5.91 Å². The molecule has 2 aliphatic heterocycles. The Balaban J connectivity index is 1.42. The maximum Gasteiger partial charge on any atom is 0.328 e. The number of hydrogen-bond acceptors (Lipinski definition) is 6. The topological polar surface area (TPSA) is 112 Å². The Bertz CT molecular complexity index is 1280. The molecule has 1 fully saturated rings. The molecule has 180 valence electrons. The Labute approximate surface area is 199 Å². The third-order valence-corrected chi connectivity index (χ3v) is 8.72. The molecule has 0 radical (unpaired) electrons. The van der Waals surface area contributed by atoms with Crippen LogP contribution in [0.1, 0.15) is 24.6 Å². The largest absolute Gasteiger partial charge is 0.328 e. The van der Waals surface area contributed by atoms with Crippen LogP contribution in [-0.2, 0) is 21.2 Å². The number of likely N-dealkylation sites (tertiary alicyclic amines) is 1. The zero-order chi connectivity index (χ0) is 24.7. The molecule has 2 N–H and O–H groups in total. The van der Waals surface area contributed by atoms with E-state index in [2.05, 4.69) is 23.8 Å². The van der Waals surface area contributed by atoms with E-state index in [4.69, 9.17) is 5.21 Å². The van der Waals surface area contributed by atoms with Gasteiger partial charge in [0, 0.05) is 54.8 Å². The Kier molecular flexibility index (Phi) is 6.29. The molecule has 0 bridgehead atoms. The van der Waals surface area contributed by atoms with Crippen LogP contribution in [0.3, 0.4) is 0 Å². The van der Waals surface area contributed by atoms with Gasteiger partial charge in [0.1, 0.15) is 0 Å². The molecule has 3 heterocycles. The van der Waals surface area contributed by atoms with E-state index >= 15 is 0 Å². The zero-order valence-electron chi connectivity index (χ0n) is 19.4. The lowest BCUT2D eigenvalue weighted by molar-refractivity contribution is -0.131. The van der Waals surface area contributed by atoms with Crippen LogP contribution < -0.4 is 5.48 Å². The van der Waals surface area contributed by atoms with Crippen molar-refractivity contribution in [3.8, 4) is 23.0 Å². The minimum Gasteiger partial charge on any atom is -0.318 e. The van der Waals surface area contributed by atoms with Gasteiger partial charge in [0.15, 0.2) is 14.6 Å². The number of carbonyl (C=O) groups is 2. The SMILES string of the molecule is CN1CC(C#Cc2ccc(-c3cc4n(c3)C(=O)N(CC[C@](C)(C(=O)NO)S(C)(=O)=O)C4)cc2)C1. The van der Waals surface area contributed by atoms with Crippen molar-refractivity contribution in [3.05, 3.63) is 47.8 Å². The van der Waals surface area contributed by atoms with Crippen molar-refractivity contribution in [1.82, 2.24) is 19.8 Å². The number of carbonyl (C=O) groups excluding carboxylic acids is 2. The van der Waals surface area contributed by atoms with Crippen LogP contribution in [0.5, 0.6) is 0 Å². The first-order chi connectivity index (χ1) is 16.0. The van der Waals surface area contributed by atoms with Gasteiger partial charge in [-0.15, -0.1) is 0 Å². The molecular weight excluding hydrogens is 456 g/mol. The fourth-order valence-electron chi connectivity index (χ4n) is 4.21. The number of fused-ring (bicyclic) bond motifs is 1. The van der Waals surface area contributed by atoms with Crippen LogP contribution >= 0.6 is 0 Å². The van der Waals surface area contributed by atoms with Gasteiger partial charge in [0.2, 0.25) is 0 Å². The van der Waals surface area contributed by atoms with Crippen molar-refractivity contribution in [2.24, 2.45) is 5.92 Å². The summed E-state index contributed by atoms with van der Waals surface area (Å²) < 4.78 is 24.0. The summed E-state index contributed by atoms with van der Waals surface area (Å²) in [4.78, 5) is 28.6. The molecule has 4 rings (SSSR count). The van der Waals surface area contributed by atoms with Crippen LogP contribution in [0.25, 0.3) is 11.1 Å². The lowest BCUT2D eigenvalue weighted by Gasteiger charge is -2.32. The van der Waals surface area contributed by atoms with Crippen LogP contribution in [0.15, 0.2) is 36.5 Å². The van der Waals surface area contributed by atoms with E-state index in [1.165, 1.54) is 17.3 Å². The van der Waals surface area contributed by atoms with Gasteiger partial charge in [-0.3, -0.25) is 14.6 Å². The second kappa shape index (κ2) is 8.91. The summed E-state index contributed by atoms with van der Waals surface area (Å²) in [6, 6.07) is 9.55. The van der Waals surface area contributed by atoms with Crippen molar-refractivity contribution in [2.45, 2.75) is 24.6 Å². The summed E-state index contributed by atoms with van der Waals surface area (Å²) in [6.07, 6.45) is 2.56. The lowest BCUT2D eigenvalue weighted by Crippen LogP contribution is -2.50. The van der Waals surface area contributed by atoms with Gasteiger partial charge in [-0.2, -0.15) is 0 Å². The molecule has 0 spiro atoms. The standard InChI is InChI=1S/C24H28N4O5S/c1-24(22(29)25-31,34(3,32)33)10-11-27-16-21-12-20(15-28(21)23(27)30)19-8-6-17(7-9-19)4-5-18-13-26(2)14-18/h6-9,12,15,18,31H,10-11,13-14,16H2,1-3H3,(H,25,29)/t24-/m1/s1. The predicted molar refractivity (Wildman–Crippen MR) is 127 cm³/mol. The quantitative estimate of drug-likeness (QED) is 0.366. The molecule has 1 saturated heterocycles. The van der Waals surface area contributed by atoms with Crippen LogP contribution in [0, 0.1) is 17.8 Å². The van der Waals surface area contributed by atoms with Gasteiger partial charge in [-0.1, -0.05) is 24.0 Å². The second-order valence-electron chi connectivity index (χ2n) is 9.25. The zero-order valence-corrected chi connectivity index (χ0v) is 20.2.